The number of benzene rings is 2. The van der Waals surface area contributed by atoms with Crippen molar-refractivity contribution in [3.8, 4) is 16.3 Å². The van der Waals surface area contributed by atoms with E-state index in [-0.39, 0.29) is 5.91 Å². The van der Waals surface area contributed by atoms with E-state index in [9.17, 15) is 4.79 Å². The smallest absolute Gasteiger partial charge is 0.264 e. The Labute approximate surface area is 189 Å². The molecule has 0 aliphatic rings. The van der Waals surface area contributed by atoms with Crippen LogP contribution in [0.15, 0.2) is 60.9 Å². The maximum atomic E-state index is 13.3. The summed E-state index contributed by atoms with van der Waals surface area (Å²) in [5.41, 5.74) is 2.48. The van der Waals surface area contributed by atoms with Crippen LogP contribution in [0.2, 0.25) is 5.02 Å². The Hall–Kier alpha value is -3.16. The van der Waals surface area contributed by atoms with Crippen LogP contribution < -0.4 is 10.1 Å². The molecule has 6 nitrogen and oxygen atoms in total. The number of ether oxygens (including phenoxy) is 1. The van der Waals surface area contributed by atoms with Gasteiger partial charge in [-0.25, -0.2) is 9.97 Å². The molecular weight excluding hydrogens is 432 g/mol. The molecule has 1 unspecified atom stereocenters. The van der Waals surface area contributed by atoms with Crippen molar-refractivity contribution < 1.29 is 9.53 Å². The van der Waals surface area contributed by atoms with Crippen molar-refractivity contribution >= 4 is 28.8 Å². The number of aromatic nitrogens is 3. The Kier molecular flexibility index (Phi) is 6.06. The molecule has 2 aromatic heterocycles. The first-order valence-electron chi connectivity index (χ1n) is 9.61. The zero-order chi connectivity index (χ0) is 22.0. The second-order valence-corrected chi connectivity index (χ2v) is 8.46. The summed E-state index contributed by atoms with van der Waals surface area (Å²) in [6, 6.07) is 14.6. The molecule has 0 spiro atoms. The third kappa shape index (κ3) is 4.47. The van der Waals surface area contributed by atoms with Gasteiger partial charge < -0.3 is 14.6 Å². The van der Waals surface area contributed by atoms with Crippen LogP contribution in [0.25, 0.3) is 10.6 Å². The minimum Gasteiger partial charge on any atom is -0.497 e. The summed E-state index contributed by atoms with van der Waals surface area (Å²) in [5, 5.41) is 4.56. The van der Waals surface area contributed by atoms with Crippen LogP contribution in [0.4, 0.5) is 0 Å². The van der Waals surface area contributed by atoms with Gasteiger partial charge in [0.2, 0.25) is 0 Å². The Morgan fingerprint density at radius 3 is 2.68 bits per heavy atom. The Bertz CT molecular complexity index is 1220. The third-order valence-electron chi connectivity index (χ3n) is 4.91. The summed E-state index contributed by atoms with van der Waals surface area (Å²) in [4.78, 5) is 22.9. The first kappa shape index (κ1) is 21.1. The number of carbonyl (C=O) groups excluding carboxylic acids is 1. The van der Waals surface area contributed by atoms with E-state index in [1.54, 1.807) is 13.3 Å². The Morgan fingerprint density at radius 2 is 2.00 bits per heavy atom. The van der Waals surface area contributed by atoms with Crippen LogP contribution in [-0.4, -0.2) is 27.6 Å². The summed E-state index contributed by atoms with van der Waals surface area (Å²) < 4.78 is 7.26. The summed E-state index contributed by atoms with van der Waals surface area (Å²) in [6.07, 6.45) is 3.57. The highest BCUT2D eigenvalue weighted by Crippen LogP contribution is 2.30. The molecule has 0 aliphatic carbocycles. The average Bonchev–Trinajstić information content (AvgIpc) is 3.38. The molecule has 158 valence electrons. The van der Waals surface area contributed by atoms with Gasteiger partial charge in [-0.05, 0) is 36.8 Å². The second kappa shape index (κ2) is 8.91. The second-order valence-electron chi connectivity index (χ2n) is 7.02. The van der Waals surface area contributed by atoms with E-state index < -0.39 is 6.04 Å². The van der Waals surface area contributed by atoms with Crippen molar-refractivity contribution in [1.29, 1.82) is 0 Å². The van der Waals surface area contributed by atoms with Gasteiger partial charge in [0.15, 0.2) is 0 Å². The maximum Gasteiger partial charge on any atom is 0.264 e. The molecule has 1 atom stereocenters. The maximum absolute atomic E-state index is 13.3. The van der Waals surface area contributed by atoms with E-state index in [0.29, 0.717) is 21.3 Å². The number of imidazole rings is 1. The standard InChI is InChI=1S/C23H21ClN4O2S/c1-14-20(31-23(26-14)15-7-9-17(24)10-8-15)22(29)27-19(21-25-11-12-28(21)2)16-5-4-6-18(13-16)30-3/h4-13,19H,1-3H3,(H,27,29). The van der Waals surface area contributed by atoms with Gasteiger partial charge in [0.25, 0.3) is 5.91 Å². The van der Waals surface area contributed by atoms with Gasteiger partial charge in [-0.3, -0.25) is 4.79 Å². The van der Waals surface area contributed by atoms with Gasteiger partial charge in [-0.1, -0.05) is 35.9 Å². The molecule has 2 heterocycles. The predicted molar refractivity (Wildman–Crippen MR) is 123 cm³/mol. The zero-order valence-corrected chi connectivity index (χ0v) is 18.9. The van der Waals surface area contributed by atoms with E-state index in [1.165, 1.54) is 11.3 Å². The number of rotatable bonds is 6. The van der Waals surface area contributed by atoms with Gasteiger partial charge in [-0.15, -0.1) is 11.3 Å². The molecule has 0 saturated heterocycles. The fourth-order valence-corrected chi connectivity index (χ4v) is 4.39. The largest absolute Gasteiger partial charge is 0.497 e. The van der Waals surface area contributed by atoms with Crippen molar-refractivity contribution in [2.45, 2.75) is 13.0 Å². The van der Waals surface area contributed by atoms with Crippen LogP contribution in [0.1, 0.15) is 32.8 Å². The Balaban J connectivity index is 1.67. The van der Waals surface area contributed by atoms with Gasteiger partial charge in [0.05, 0.1) is 12.8 Å². The number of amides is 1. The van der Waals surface area contributed by atoms with Crippen molar-refractivity contribution in [3.63, 3.8) is 0 Å². The number of nitrogens with zero attached hydrogens (tertiary/aromatic N) is 3. The molecule has 8 heteroatoms. The number of methoxy groups -OCH3 is 1. The fraction of sp³-hybridized carbons (Fsp3) is 0.174. The van der Waals surface area contributed by atoms with Crippen LogP contribution in [-0.2, 0) is 7.05 Å². The normalized spacial score (nSPS) is 11.9. The van der Waals surface area contributed by atoms with Crippen molar-refractivity contribution in [1.82, 2.24) is 19.9 Å². The topological polar surface area (TPSA) is 69.0 Å². The summed E-state index contributed by atoms with van der Waals surface area (Å²) in [7, 11) is 3.52. The predicted octanol–water partition coefficient (Wildman–Crippen LogP) is 5.03. The first-order chi connectivity index (χ1) is 15.0. The molecule has 31 heavy (non-hydrogen) atoms. The van der Waals surface area contributed by atoms with Crippen molar-refractivity contribution in [3.05, 3.63) is 87.9 Å². The minimum absolute atomic E-state index is 0.203. The van der Waals surface area contributed by atoms with Crippen LogP contribution >= 0.6 is 22.9 Å². The number of carbonyl (C=O) groups is 1. The molecule has 1 N–H and O–H groups in total. The molecule has 1 amide bonds. The zero-order valence-electron chi connectivity index (χ0n) is 17.3. The van der Waals surface area contributed by atoms with Crippen molar-refractivity contribution in [2.75, 3.05) is 7.11 Å². The summed E-state index contributed by atoms with van der Waals surface area (Å²) >= 11 is 7.34. The summed E-state index contributed by atoms with van der Waals surface area (Å²) in [5.74, 6) is 1.23. The SMILES string of the molecule is COc1cccc(C(NC(=O)c2sc(-c3ccc(Cl)cc3)nc2C)c2nccn2C)c1. The highest BCUT2D eigenvalue weighted by molar-refractivity contribution is 7.17. The molecule has 0 fully saturated rings. The van der Waals surface area contributed by atoms with E-state index in [4.69, 9.17) is 16.3 Å². The van der Waals surface area contributed by atoms with Gasteiger partial charge in [0.1, 0.15) is 27.5 Å². The molecule has 4 aromatic rings. The number of halogens is 1. The quantitative estimate of drug-likeness (QED) is 0.445. The molecular formula is C23H21ClN4O2S. The monoisotopic (exact) mass is 452 g/mol. The van der Waals surface area contributed by atoms with Crippen LogP contribution in [0.5, 0.6) is 5.75 Å². The highest BCUT2D eigenvalue weighted by atomic mass is 35.5. The van der Waals surface area contributed by atoms with Gasteiger partial charge >= 0.3 is 0 Å². The summed E-state index contributed by atoms with van der Waals surface area (Å²) in [6.45, 7) is 1.84. The van der Waals surface area contributed by atoms with Crippen LogP contribution in [0, 0.1) is 6.92 Å². The molecule has 0 aliphatic heterocycles. The van der Waals surface area contributed by atoms with Gasteiger partial charge in [0, 0.05) is 30.0 Å². The van der Waals surface area contributed by atoms with Crippen LogP contribution in [0.3, 0.4) is 0 Å². The van der Waals surface area contributed by atoms with E-state index in [2.05, 4.69) is 15.3 Å². The van der Waals surface area contributed by atoms with Gasteiger partial charge in [-0.2, -0.15) is 0 Å². The number of thiazole rings is 1. The third-order valence-corrected chi connectivity index (χ3v) is 6.37. The lowest BCUT2D eigenvalue weighted by molar-refractivity contribution is 0.0944. The number of aryl methyl sites for hydroxylation is 2. The highest BCUT2D eigenvalue weighted by Gasteiger charge is 2.24. The fourth-order valence-electron chi connectivity index (χ4n) is 3.29. The van der Waals surface area contributed by atoms with Crippen molar-refractivity contribution in [2.24, 2.45) is 7.05 Å². The lowest BCUT2D eigenvalue weighted by Gasteiger charge is -2.19. The molecule has 0 saturated carbocycles. The molecule has 2 aromatic carbocycles. The molecule has 4 rings (SSSR count). The molecule has 0 bridgehead atoms. The number of hydrogen-bond donors (Lipinski definition) is 1. The average molecular weight is 453 g/mol. The molecule has 0 radical (unpaired) electrons. The Morgan fingerprint density at radius 1 is 1.23 bits per heavy atom. The van der Waals surface area contributed by atoms with E-state index in [0.717, 1.165) is 22.0 Å². The minimum atomic E-state index is -0.442. The number of hydrogen-bond acceptors (Lipinski definition) is 5. The first-order valence-corrected chi connectivity index (χ1v) is 10.8. The van der Waals surface area contributed by atoms with E-state index in [1.807, 2.05) is 73.3 Å². The van der Waals surface area contributed by atoms with E-state index >= 15 is 0 Å². The lowest BCUT2D eigenvalue weighted by Crippen LogP contribution is -2.31. The number of nitrogens with one attached hydrogen (secondary N) is 1. The lowest BCUT2D eigenvalue weighted by atomic mass is 10.1.